The second kappa shape index (κ2) is 5.85. The van der Waals surface area contributed by atoms with Crippen molar-refractivity contribution in [3.63, 3.8) is 0 Å². The van der Waals surface area contributed by atoms with E-state index in [0.717, 1.165) is 18.4 Å². The van der Waals surface area contributed by atoms with E-state index >= 15 is 4.39 Å². The van der Waals surface area contributed by atoms with Gasteiger partial charge in [-0.05, 0) is 62.9 Å². The monoisotopic (exact) mass is 404 g/mol. The fourth-order valence-corrected chi connectivity index (χ4v) is 8.14. The summed E-state index contributed by atoms with van der Waals surface area (Å²) >= 11 is 0. The number of fused-ring (bicyclic) bond motifs is 3. The maximum atomic E-state index is 16.0. The van der Waals surface area contributed by atoms with Gasteiger partial charge in [0.15, 0.2) is 18.4 Å². The van der Waals surface area contributed by atoms with Gasteiger partial charge in [-0.15, -0.1) is 0 Å². The summed E-state index contributed by atoms with van der Waals surface area (Å²) in [5.41, 5.74) is -2.16. The maximum absolute atomic E-state index is 16.0. The van der Waals surface area contributed by atoms with E-state index in [2.05, 4.69) is 6.92 Å². The van der Waals surface area contributed by atoms with Crippen LogP contribution in [0.25, 0.3) is 0 Å². The molecule has 3 saturated carbocycles. The van der Waals surface area contributed by atoms with Crippen LogP contribution >= 0.6 is 0 Å². The number of aldehydes is 1. The number of carbonyl (C=O) groups is 3. The molecule has 5 nitrogen and oxygen atoms in total. The number of carbonyl (C=O) groups excluding carboxylic acids is 3. The van der Waals surface area contributed by atoms with Crippen molar-refractivity contribution < 1.29 is 28.2 Å². The Labute approximate surface area is 170 Å². The van der Waals surface area contributed by atoms with Crippen LogP contribution in [0, 0.1) is 22.7 Å². The van der Waals surface area contributed by atoms with Gasteiger partial charge in [0.2, 0.25) is 5.78 Å². The predicted octanol–water partition coefficient (Wildman–Crippen LogP) is 3.49. The molecule has 1 saturated heterocycles. The smallest absolute Gasteiger partial charge is 0.227 e. The van der Waals surface area contributed by atoms with Crippen molar-refractivity contribution in [2.24, 2.45) is 22.7 Å². The number of hydrogen-bond donors (Lipinski definition) is 0. The van der Waals surface area contributed by atoms with Crippen molar-refractivity contribution in [2.75, 3.05) is 0 Å². The van der Waals surface area contributed by atoms with Gasteiger partial charge >= 0.3 is 0 Å². The lowest BCUT2D eigenvalue weighted by Gasteiger charge is -2.67. The van der Waals surface area contributed by atoms with E-state index in [-0.39, 0.29) is 29.5 Å². The van der Waals surface area contributed by atoms with Crippen molar-refractivity contribution in [3.8, 4) is 0 Å². The van der Waals surface area contributed by atoms with Crippen molar-refractivity contribution in [3.05, 3.63) is 11.6 Å². The Kier molecular flexibility index (Phi) is 3.94. The molecular weight excluding hydrogens is 375 g/mol. The van der Waals surface area contributed by atoms with Crippen molar-refractivity contribution in [1.29, 1.82) is 0 Å². The van der Waals surface area contributed by atoms with Crippen LogP contribution in [0.15, 0.2) is 11.6 Å². The zero-order valence-corrected chi connectivity index (χ0v) is 17.3. The standard InChI is InChI=1S/C23H29FO5/c1-13-28-22-8-9-23(29-13,18(27)12-25)21(22,3)11-17(24)19-16(22)5-4-14-10-15(26)6-7-20(14,19)2/h10,12-13,16-17,19H,4-9,11H2,1-3H3/t13?,16-,17+,19-,20+,21+,22-,23-/m1/s1. The summed E-state index contributed by atoms with van der Waals surface area (Å²) in [6.45, 7) is 5.77. The first-order chi connectivity index (χ1) is 13.6. The number of allylic oxidation sites excluding steroid dienone is 1. The average molecular weight is 404 g/mol. The molecule has 1 unspecified atom stereocenters. The molecule has 1 heterocycles. The summed E-state index contributed by atoms with van der Waals surface area (Å²) in [6, 6.07) is 0. The van der Waals surface area contributed by atoms with E-state index in [0.29, 0.717) is 32.0 Å². The highest BCUT2D eigenvalue weighted by Crippen LogP contribution is 2.73. The van der Waals surface area contributed by atoms with Gasteiger partial charge in [0.05, 0.1) is 5.60 Å². The first-order valence-electron chi connectivity index (χ1n) is 10.9. The van der Waals surface area contributed by atoms with Gasteiger partial charge in [-0.2, -0.15) is 0 Å². The highest BCUT2D eigenvalue weighted by Gasteiger charge is 2.79. The van der Waals surface area contributed by atoms with Crippen molar-refractivity contribution in [1.82, 2.24) is 0 Å². The first-order valence-corrected chi connectivity index (χ1v) is 10.9. The molecule has 29 heavy (non-hydrogen) atoms. The van der Waals surface area contributed by atoms with Crippen LogP contribution in [0.2, 0.25) is 0 Å². The molecule has 158 valence electrons. The van der Waals surface area contributed by atoms with E-state index in [9.17, 15) is 14.4 Å². The molecule has 5 aliphatic rings. The molecule has 8 atom stereocenters. The average Bonchev–Trinajstić information content (AvgIpc) is 2.80. The summed E-state index contributed by atoms with van der Waals surface area (Å²) in [7, 11) is 0. The SMILES string of the molecule is CC1O[C@@]2(C(=O)C=O)CC[C@@]3(O1)[C@@H]1CCC4=CC(=O)CC[C@]4(C)[C@H]1[C@@H](F)C[C@]23C. The normalized spacial score (nSPS) is 53.4. The number of alkyl halides is 1. The number of halogens is 1. The Morgan fingerprint density at radius 3 is 2.69 bits per heavy atom. The van der Waals surface area contributed by atoms with E-state index in [1.165, 1.54) is 0 Å². The topological polar surface area (TPSA) is 69.7 Å². The Morgan fingerprint density at radius 1 is 1.21 bits per heavy atom. The summed E-state index contributed by atoms with van der Waals surface area (Å²) in [6.07, 6.45) is 4.04. The molecule has 0 N–H and O–H groups in total. The predicted molar refractivity (Wildman–Crippen MR) is 102 cm³/mol. The number of rotatable bonds is 2. The lowest BCUT2D eigenvalue weighted by molar-refractivity contribution is -0.369. The Morgan fingerprint density at radius 2 is 1.97 bits per heavy atom. The molecule has 0 amide bonds. The molecule has 0 aromatic heterocycles. The number of hydrogen-bond acceptors (Lipinski definition) is 5. The van der Waals surface area contributed by atoms with Crippen molar-refractivity contribution >= 4 is 17.9 Å². The minimum Gasteiger partial charge on any atom is -0.345 e. The second-order valence-corrected chi connectivity index (χ2v) is 10.3. The van der Waals surface area contributed by atoms with Gasteiger partial charge in [-0.1, -0.05) is 19.4 Å². The molecule has 4 fully saturated rings. The van der Waals surface area contributed by atoms with Gasteiger partial charge in [-0.3, -0.25) is 14.4 Å². The second-order valence-electron chi connectivity index (χ2n) is 10.3. The van der Waals surface area contributed by atoms with E-state index in [1.54, 1.807) is 13.0 Å². The number of Topliss-reactive ketones (excluding diaryl/α,β-unsaturated/α-hetero) is 1. The molecule has 5 rings (SSSR count). The molecule has 2 bridgehead atoms. The molecule has 0 spiro atoms. The van der Waals surface area contributed by atoms with Crippen LogP contribution in [0.3, 0.4) is 0 Å². The number of ether oxygens (including phenoxy) is 2. The van der Waals surface area contributed by atoms with Gasteiger partial charge in [0.25, 0.3) is 0 Å². The fraction of sp³-hybridized carbons (Fsp3) is 0.783. The Hall–Kier alpha value is -1.40. The van der Waals surface area contributed by atoms with Crippen LogP contribution in [-0.4, -0.2) is 41.5 Å². The third-order valence-corrected chi connectivity index (χ3v) is 9.37. The highest BCUT2D eigenvalue weighted by molar-refractivity contribution is 6.29. The minimum atomic E-state index is -1.30. The Bertz CT molecular complexity index is 837. The van der Waals surface area contributed by atoms with Crippen LogP contribution in [0.4, 0.5) is 4.39 Å². The van der Waals surface area contributed by atoms with E-state index in [4.69, 9.17) is 9.47 Å². The summed E-state index contributed by atoms with van der Waals surface area (Å²) in [5.74, 6) is -0.776. The van der Waals surface area contributed by atoms with E-state index in [1.807, 2.05) is 6.92 Å². The third-order valence-electron chi connectivity index (χ3n) is 9.37. The van der Waals surface area contributed by atoms with Crippen LogP contribution in [-0.2, 0) is 23.9 Å². The molecular formula is C23H29FO5. The molecule has 6 heteroatoms. The van der Waals surface area contributed by atoms with Crippen LogP contribution < -0.4 is 0 Å². The third kappa shape index (κ3) is 2.10. The van der Waals surface area contributed by atoms with Gasteiger partial charge in [0.1, 0.15) is 11.8 Å². The molecule has 1 aliphatic heterocycles. The largest absolute Gasteiger partial charge is 0.345 e. The lowest BCUT2D eigenvalue weighted by Crippen LogP contribution is -2.73. The lowest BCUT2D eigenvalue weighted by atomic mass is 9.43. The van der Waals surface area contributed by atoms with Gasteiger partial charge in [0, 0.05) is 17.8 Å². The Balaban J connectivity index is 1.66. The summed E-state index contributed by atoms with van der Waals surface area (Å²) in [5, 5.41) is 0. The number of ketones is 2. The zero-order chi connectivity index (χ0) is 20.8. The highest BCUT2D eigenvalue weighted by atomic mass is 19.1. The van der Waals surface area contributed by atoms with Crippen molar-refractivity contribution in [2.45, 2.75) is 89.4 Å². The fourth-order valence-electron chi connectivity index (χ4n) is 8.14. The van der Waals surface area contributed by atoms with Crippen LogP contribution in [0.1, 0.15) is 65.7 Å². The quantitative estimate of drug-likeness (QED) is 0.521. The van der Waals surface area contributed by atoms with Crippen LogP contribution in [0.5, 0.6) is 0 Å². The first kappa shape index (κ1) is 19.6. The van der Waals surface area contributed by atoms with Gasteiger partial charge < -0.3 is 9.47 Å². The molecule has 0 aromatic carbocycles. The molecule has 4 aliphatic carbocycles. The summed E-state index contributed by atoms with van der Waals surface area (Å²) < 4.78 is 28.6. The summed E-state index contributed by atoms with van der Waals surface area (Å²) in [4.78, 5) is 36.4. The molecule has 0 radical (unpaired) electrons. The zero-order valence-electron chi connectivity index (χ0n) is 17.3. The minimum absolute atomic E-state index is 0.0701. The van der Waals surface area contributed by atoms with E-state index < -0.39 is 34.9 Å². The maximum Gasteiger partial charge on any atom is 0.227 e. The van der Waals surface area contributed by atoms with Gasteiger partial charge in [-0.25, -0.2) is 4.39 Å². The molecule has 0 aromatic rings.